The first-order valence-corrected chi connectivity index (χ1v) is 15.5. The van der Waals surface area contributed by atoms with Crippen molar-refractivity contribution in [2.45, 2.75) is 52.2 Å². The van der Waals surface area contributed by atoms with E-state index in [1.165, 1.54) is 58.8 Å². The van der Waals surface area contributed by atoms with Crippen molar-refractivity contribution in [1.29, 1.82) is 0 Å². The molecule has 4 aromatic rings. The topological polar surface area (TPSA) is 109 Å². The summed E-state index contributed by atoms with van der Waals surface area (Å²) in [5, 5.41) is 8.23. The molecule has 0 bridgehead atoms. The molecule has 0 saturated carbocycles. The van der Waals surface area contributed by atoms with Crippen molar-refractivity contribution in [2.75, 3.05) is 56.5 Å². The fraction of sp³-hybridized carbons (Fsp3) is 0.469. The van der Waals surface area contributed by atoms with Gasteiger partial charge < -0.3 is 15.1 Å². The lowest BCUT2D eigenvalue weighted by Crippen LogP contribution is -2.52. The van der Waals surface area contributed by atoms with E-state index in [9.17, 15) is 9.59 Å². The normalized spacial score (nSPS) is 17.1. The van der Waals surface area contributed by atoms with Crippen LogP contribution in [0.5, 0.6) is 0 Å². The second-order valence-electron chi connectivity index (χ2n) is 12.2. The monoisotopic (exact) mass is 598 g/mol. The molecule has 232 valence electrons. The minimum Gasteiger partial charge on any atom is -0.371 e. The molecule has 2 aliphatic heterocycles. The van der Waals surface area contributed by atoms with E-state index < -0.39 is 0 Å². The molecule has 5 heterocycles. The molecule has 2 saturated heterocycles. The Kier molecular flexibility index (Phi) is 8.37. The molecule has 3 aromatic heterocycles. The number of hydrogen-bond acceptors (Lipinski definition) is 9. The Labute approximate surface area is 257 Å². The lowest BCUT2D eigenvalue weighted by molar-refractivity contribution is 0.0982. The zero-order valence-electron chi connectivity index (χ0n) is 26.1. The standard InChI is InChI=1S/C32H42N10O2/c1-6-13-40-31(44)26-21-33-32(35-30(26)42(40)28-9-10-29(43)41(36-28)22(2)3)34-24-7-8-27(23(4)20-24)39-14-11-25(12-15-39)38-18-16-37(5)17-19-38/h6-10,20-22,25H,1,11-19H2,2-5H3,(H,33,34,35). The summed E-state index contributed by atoms with van der Waals surface area (Å²) in [5.41, 5.74) is 3.23. The number of hydrogen-bond donors (Lipinski definition) is 1. The maximum atomic E-state index is 13.3. The average Bonchev–Trinajstić information content (AvgIpc) is 3.28. The molecule has 44 heavy (non-hydrogen) atoms. The number of piperidine rings is 1. The number of benzene rings is 1. The molecule has 0 radical (unpaired) electrons. The maximum Gasteiger partial charge on any atom is 0.278 e. The van der Waals surface area contributed by atoms with Gasteiger partial charge in [-0.2, -0.15) is 4.98 Å². The highest BCUT2D eigenvalue weighted by Gasteiger charge is 2.27. The van der Waals surface area contributed by atoms with E-state index in [0.29, 0.717) is 28.8 Å². The average molecular weight is 599 g/mol. The van der Waals surface area contributed by atoms with E-state index in [1.54, 1.807) is 16.8 Å². The summed E-state index contributed by atoms with van der Waals surface area (Å²) in [6, 6.07) is 9.93. The first kappa shape index (κ1) is 29.8. The van der Waals surface area contributed by atoms with Gasteiger partial charge in [-0.05, 0) is 70.5 Å². The highest BCUT2D eigenvalue weighted by Crippen LogP contribution is 2.29. The molecular formula is C32H42N10O2. The van der Waals surface area contributed by atoms with E-state index in [4.69, 9.17) is 4.98 Å². The predicted octanol–water partition coefficient (Wildman–Crippen LogP) is 3.17. The minimum atomic E-state index is -0.257. The summed E-state index contributed by atoms with van der Waals surface area (Å²) in [4.78, 5) is 42.5. The molecule has 0 atom stereocenters. The van der Waals surface area contributed by atoms with Crippen LogP contribution in [0.2, 0.25) is 0 Å². The second kappa shape index (κ2) is 12.4. The lowest BCUT2D eigenvalue weighted by Gasteiger charge is -2.43. The molecule has 0 amide bonds. The number of rotatable bonds is 8. The van der Waals surface area contributed by atoms with Gasteiger partial charge in [0.25, 0.3) is 11.1 Å². The van der Waals surface area contributed by atoms with Crippen LogP contribution in [0.4, 0.5) is 17.3 Å². The van der Waals surface area contributed by atoms with Gasteiger partial charge >= 0.3 is 0 Å². The third kappa shape index (κ3) is 5.79. The molecule has 6 rings (SSSR count). The fourth-order valence-corrected chi connectivity index (χ4v) is 6.38. The molecule has 1 aromatic carbocycles. The van der Waals surface area contributed by atoms with E-state index in [2.05, 4.69) is 68.8 Å². The minimum absolute atomic E-state index is 0.148. The van der Waals surface area contributed by atoms with Crippen LogP contribution in [-0.4, -0.2) is 91.3 Å². The SMILES string of the molecule is C=CCn1c(=O)c2cnc(Nc3ccc(N4CCC(N5CCN(C)CC5)CC4)c(C)c3)nc2n1-c1ccc(=O)n(C(C)C)n1. The third-order valence-corrected chi connectivity index (χ3v) is 8.81. The highest BCUT2D eigenvalue weighted by atomic mass is 16.1. The molecule has 12 heteroatoms. The number of nitrogens with zero attached hydrogens (tertiary/aromatic N) is 9. The summed E-state index contributed by atoms with van der Waals surface area (Å²) in [6.07, 6.45) is 5.55. The van der Waals surface area contributed by atoms with Gasteiger partial charge in [0.15, 0.2) is 11.5 Å². The molecule has 0 unspecified atom stereocenters. The molecule has 12 nitrogen and oxygen atoms in total. The second-order valence-corrected chi connectivity index (χ2v) is 12.2. The summed E-state index contributed by atoms with van der Waals surface area (Å²) in [5.74, 6) is 0.771. The van der Waals surface area contributed by atoms with E-state index >= 15 is 0 Å². The number of likely N-dealkylation sites (N-methyl/N-ethyl adjacent to an activating group) is 1. The number of nitrogens with one attached hydrogen (secondary N) is 1. The Morgan fingerprint density at radius 3 is 2.48 bits per heavy atom. The molecule has 2 aliphatic rings. The Bertz CT molecular complexity index is 1770. The molecular weight excluding hydrogens is 556 g/mol. The van der Waals surface area contributed by atoms with Crippen LogP contribution in [0.15, 0.2) is 58.8 Å². The van der Waals surface area contributed by atoms with Crippen LogP contribution >= 0.6 is 0 Å². The first-order chi connectivity index (χ1) is 21.2. The van der Waals surface area contributed by atoms with Crippen LogP contribution in [0.25, 0.3) is 16.9 Å². The fourth-order valence-electron chi connectivity index (χ4n) is 6.38. The van der Waals surface area contributed by atoms with Crippen molar-refractivity contribution in [3.63, 3.8) is 0 Å². The quantitative estimate of drug-likeness (QED) is 0.306. The summed E-state index contributed by atoms with van der Waals surface area (Å²) < 4.78 is 4.52. The van der Waals surface area contributed by atoms with E-state index in [0.717, 1.165) is 31.9 Å². The van der Waals surface area contributed by atoms with Gasteiger partial charge in [0, 0.05) is 68.9 Å². The lowest BCUT2D eigenvalue weighted by atomic mass is 10.0. The molecule has 1 N–H and O–H groups in total. The molecule has 0 aliphatic carbocycles. The van der Waals surface area contributed by atoms with Gasteiger partial charge in [0.2, 0.25) is 5.95 Å². The van der Waals surface area contributed by atoms with Gasteiger partial charge in [-0.3, -0.25) is 14.5 Å². The smallest absolute Gasteiger partial charge is 0.278 e. The van der Waals surface area contributed by atoms with Gasteiger partial charge in [-0.25, -0.2) is 19.0 Å². The summed E-state index contributed by atoms with van der Waals surface area (Å²) in [7, 11) is 2.21. The Balaban J connectivity index is 1.24. The Hall–Kier alpha value is -4.29. The number of allylic oxidation sites excluding steroid dienone is 1. The van der Waals surface area contributed by atoms with Crippen LogP contribution in [0.1, 0.15) is 38.3 Å². The van der Waals surface area contributed by atoms with Gasteiger partial charge in [-0.15, -0.1) is 11.7 Å². The van der Waals surface area contributed by atoms with Crippen LogP contribution in [0.3, 0.4) is 0 Å². The van der Waals surface area contributed by atoms with Gasteiger partial charge in [0.1, 0.15) is 5.39 Å². The first-order valence-electron chi connectivity index (χ1n) is 15.5. The number of aryl methyl sites for hydroxylation is 1. The maximum absolute atomic E-state index is 13.3. The summed E-state index contributed by atoms with van der Waals surface area (Å²) >= 11 is 0. The van der Waals surface area contributed by atoms with Crippen molar-refractivity contribution >= 4 is 28.4 Å². The van der Waals surface area contributed by atoms with Crippen LogP contribution in [0, 0.1) is 6.92 Å². The van der Waals surface area contributed by atoms with E-state index in [1.807, 2.05) is 13.8 Å². The zero-order chi connectivity index (χ0) is 31.0. The van der Waals surface area contributed by atoms with Crippen molar-refractivity contribution in [2.24, 2.45) is 0 Å². The van der Waals surface area contributed by atoms with Crippen molar-refractivity contribution in [3.8, 4) is 5.82 Å². The molecule has 2 fully saturated rings. The number of aromatic nitrogens is 6. The van der Waals surface area contributed by atoms with Gasteiger partial charge in [0.05, 0.1) is 12.6 Å². The van der Waals surface area contributed by atoms with Crippen molar-refractivity contribution in [1.82, 2.24) is 38.9 Å². The summed E-state index contributed by atoms with van der Waals surface area (Å²) in [6.45, 7) is 16.7. The predicted molar refractivity (Wildman–Crippen MR) is 175 cm³/mol. The number of piperazine rings is 1. The van der Waals surface area contributed by atoms with Crippen LogP contribution < -0.4 is 21.3 Å². The largest absolute Gasteiger partial charge is 0.371 e. The van der Waals surface area contributed by atoms with E-state index in [-0.39, 0.29) is 23.7 Å². The highest BCUT2D eigenvalue weighted by molar-refractivity contribution is 5.77. The van der Waals surface area contributed by atoms with Crippen molar-refractivity contribution in [3.05, 3.63) is 75.5 Å². The number of fused-ring (bicyclic) bond motifs is 1. The van der Waals surface area contributed by atoms with Crippen molar-refractivity contribution < 1.29 is 0 Å². The molecule has 0 spiro atoms. The zero-order valence-corrected chi connectivity index (χ0v) is 26.1. The number of anilines is 3. The van der Waals surface area contributed by atoms with Crippen LogP contribution in [-0.2, 0) is 6.54 Å². The third-order valence-electron chi connectivity index (χ3n) is 8.81. The Morgan fingerprint density at radius 2 is 1.80 bits per heavy atom. The van der Waals surface area contributed by atoms with Gasteiger partial charge in [-0.1, -0.05) is 6.08 Å². The Morgan fingerprint density at radius 1 is 1.05 bits per heavy atom.